The maximum atomic E-state index is 13.3. The Labute approximate surface area is 149 Å². The highest BCUT2D eigenvalue weighted by molar-refractivity contribution is 5.79. The van der Waals surface area contributed by atoms with Crippen LogP contribution in [0.15, 0.2) is 29.3 Å². The van der Waals surface area contributed by atoms with Crippen LogP contribution in [0.1, 0.15) is 29.4 Å². The molecule has 0 fully saturated rings. The molecule has 136 valence electrons. The van der Waals surface area contributed by atoms with Crippen molar-refractivity contribution < 1.29 is 4.39 Å². The van der Waals surface area contributed by atoms with Crippen molar-refractivity contribution in [3.05, 3.63) is 52.6 Å². The number of nitrogens with zero attached hydrogens (tertiary/aromatic N) is 3. The zero-order valence-electron chi connectivity index (χ0n) is 15.7. The monoisotopic (exact) mass is 345 g/mol. The number of hydrogen-bond donors (Lipinski definition) is 2. The lowest BCUT2D eigenvalue weighted by atomic mass is 10.1. The van der Waals surface area contributed by atoms with E-state index in [4.69, 9.17) is 0 Å². The van der Waals surface area contributed by atoms with Crippen LogP contribution < -0.4 is 10.6 Å². The number of hydrogen-bond acceptors (Lipinski definition) is 2. The van der Waals surface area contributed by atoms with Gasteiger partial charge in [0.05, 0.1) is 5.69 Å². The first-order valence-electron chi connectivity index (χ1n) is 8.59. The molecule has 0 aliphatic rings. The molecule has 0 aliphatic heterocycles. The van der Waals surface area contributed by atoms with E-state index in [-0.39, 0.29) is 5.82 Å². The third-order valence-electron chi connectivity index (χ3n) is 4.11. The number of aliphatic imine (C=N–C) groups is 1. The van der Waals surface area contributed by atoms with Crippen LogP contribution in [0.3, 0.4) is 0 Å². The lowest BCUT2D eigenvalue weighted by molar-refractivity contribution is 0.436. The predicted octanol–water partition coefficient (Wildman–Crippen LogP) is 2.95. The number of rotatable bonds is 6. The smallest absolute Gasteiger partial charge is 0.191 e. The van der Waals surface area contributed by atoms with Gasteiger partial charge in [0.25, 0.3) is 0 Å². The summed E-state index contributed by atoms with van der Waals surface area (Å²) in [5, 5.41) is 11.1. The first-order valence-corrected chi connectivity index (χ1v) is 8.59. The molecule has 1 unspecified atom stereocenters. The second-order valence-corrected chi connectivity index (χ2v) is 6.60. The van der Waals surface area contributed by atoms with E-state index < -0.39 is 0 Å². The van der Waals surface area contributed by atoms with E-state index in [0.717, 1.165) is 30.3 Å². The summed E-state index contributed by atoms with van der Waals surface area (Å²) in [7, 11) is 1.75. The molecule has 1 atom stereocenters. The molecule has 6 heteroatoms. The van der Waals surface area contributed by atoms with E-state index in [1.807, 2.05) is 17.7 Å². The average Bonchev–Trinajstić information content (AvgIpc) is 2.88. The average molecular weight is 345 g/mol. The molecule has 0 spiro atoms. The third kappa shape index (κ3) is 5.59. The van der Waals surface area contributed by atoms with Gasteiger partial charge in [-0.25, -0.2) is 4.39 Å². The van der Waals surface area contributed by atoms with Gasteiger partial charge in [-0.2, -0.15) is 5.10 Å². The third-order valence-corrected chi connectivity index (χ3v) is 4.11. The Kier molecular flexibility index (Phi) is 6.56. The molecule has 0 radical (unpaired) electrons. The van der Waals surface area contributed by atoms with Gasteiger partial charge in [0.1, 0.15) is 5.82 Å². The van der Waals surface area contributed by atoms with Crippen molar-refractivity contribution in [2.24, 2.45) is 10.9 Å². The lowest BCUT2D eigenvalue weighted by Gasteiger charge is -2.17. The highest BCUT2D eigenvalue weighted by Gasteiger charge is 2.08. The van der Waals surface area contributed by atoms with Crippen LogP contribution >= 0.6 is 0 Å². The second kappa shape index (κ2) is 8.65. The van der Waals surface area contributed by atoms with Gasteiger partial charge >= 0.3 is 0 Å². The van der Waals surface area contributed by atoms with Crippen molar-refractivity contribution in [3.63, 3.8) is 0 Å². The van der Waals surface area contributed by atoms with Crippen LogP contribution in [0.25, 0.3) is 0 Å². The number of halogens is 1. The van der Waals surface area contributed by atoms with E-state index in [0.29, 0.717) is 18.0 Å². The largest absolute Gasteiger partial charge is 0.356 e. The van der Waals surface area contributed by atoms with E-state index in [9.17, 15) is 4.39 Å². The van der Waals surface area contributed by atoms with Gasteiger partial charge in [0.15, 0.2) is 5.96 Å². The number of guanidine groups is 1. The highest BCUT2D eigenvalue weighted by atomic mass is 19.1. The molecule has 0 aliphatic carbocycles. The molecule has 2 aromatic rings. The molecule has 1 heterocycles. The Morgan fingerprint density at radius 1 is 1.24 bits per heavy atom. The lowest BCUT2D eigenvalue weighted by Crippen LogP contribution is -2.39. The summed E-state index contributed by atoms with van der Waals surface area (Å²) >= 11 is 0. The van der Waals surface area contributed by atoms with Gasteiger partial charge in [-0.05, 0) is 49.9 Å². The molecule has 0 saturated heterocycles. The van der Waals surface area contributed by atoms with Gasteiger partial charge in [0, 0.05) is 32.4 Å². The number of aryl methyl sites for hydroxylation is 3. The topological polar surface area (TPSA) is 54.2 Å². The molecule has 2 rings (SSSR count). The van der Waals surface area contributed by atoms with Crippen molar-refractivity contribution in [1.82, 2.24) is 20.4 Å². The van der Waals surface area contributed by atoms with Crippen molar-refractivity contribution in [1.29, 1.82) is 0 Å². The Balaban J connectivity index is 1.81. The van der Waals surface area contributed by atoms with E-state index in [1.165, 1.54) is 11.8 Å². The van der Waals surface area contributed by atoms with Crippen molar-refractivity contribution in [2.75, 3.05) is 13.6 Å². The maximum absolute atomic E-state index is 13.3. The molecule has 0 saturated carbocycles. The van der Waals surface area contributed by atoms with Crippen molar-refractivity contribution in [3.8, 4) is 0 Å². The minimum Gasteiger partial charge on any atom is -0.356 e. The highest BCUT2D eigenvalue weighted by Crippen LogP contribution is 2.09. The molecule has 1 aromatic carbocycles. The molecule has 0 amide bonds. The molecule has 5 nitrogen and oxygen atoms in total. The molecular formula is C19H28FN5. The van der Waals surface area contributed by atoms with Crippen LogP contribution in [0.4, 0.5) is 4.39 Å². The predicted molar refractivity (Wildman–Crippen MR) is 100 cm³/mol. The molecular weight excluding hydrogens is 317 g/mol. The normalized spacial score (nSPS) is 13.0. The Bertz CT molecular complexity index is 735. The first kappa shape index (κ1) is 19.0. The first-order chi connectivity index (χ1) is 11.9. The van der Waals surface area contributed by atoms with Gasteiger partial charge in [-0.15, -0.1) is 0 Å². The zero-order chi connectivity index (χ0) is 18.4. The minimum absolute atomic E-state index is 0.177. The van der Waals surface area contributed by atoms with Crippen molar-refractivity contribution in [2.45, 2.75) is 40.8 Å². The molecule has 25 heavy (non-hydrogen) atoms. The van der Waals surface area contributed by atoms with Crippen molar-refractivity contribution >= 4 is 5.96 Å². The molecule has 0 bridgehead atoms. The zero-order valence-corrected chi connectivity index (χ0v) is 15.7. The Morgan fingerprint density at radius 3 is 2.60 bits per heavy atom. The van der Waals surface area contributed by atoms with E-state index in [1.54, 1.807) is 20.0 Å². The van der Waals surface area contributed by atoms with Crippen LogP contribution in [-0.4, -0.2) is 29.3 Å². The maximum Gasteiger partial charge on any atom is 0.191 e. The van der Waals surface area contributed by atoms with E-state index in [2.05, 4.69) is 40.6 Å². The summed E-state index contributed by atoms with van der Waals surface area (Å²) in [6.45, 7) is 10.3. The van der Waals surface area contributed by atoms with Crippen LogP contribution in [0, 0.1) is 32.5 Å². The fraction of sp³-hybridized carbons (Fsp3) is 0.474. The summed E-state index contributed by atoms with van der Waals surface area (Å²) in [4.78, 5) is 4.24. The van der Waals surface area contributed by atoms with Gasteiger partial charge < -0.3 is 10.6 Å². The minimum atomic E-state index is -0.177. The van der Waals surface area contributed by atoms with Crippen LogP contribution in [0.2, 0.25) is 0 Å². The van der Waals surface area contributed by atoms with Gasteiger partial charge in [0.2, 0.25) is 0 Å². The Morgan fingerprint density at radius 2 is 2.00 bits per heavy atom. The summed E-state index contributed by atoms with van der Waals surface area (Å²) in [6, 6.07) is 7.22. The number of nitrogens with one attached hydrogen (secondary N) is 2. The summed E-state index contributed by atoms with van der Waals surface area (Å²) < 4.78 is 15.4. The molecule has 1 aromatic heterocycles. The van der Waals surface area contributed by atoms with Gasteiger partial charge in [-0.1, -0.05) is 19.1 Å². The number of aromatic nitrogens is 2. The second-order valence-electron chi connectivity index (χ2n) is 6.60. The standard InChI is InChI=1S/C19H28FN5/c1-13(12-25-16(4)9-15(3)24-25)10-22-19(21-5)23-11-17-6-7-18(20)14(2)8-17/h6-9,13H,10-12H2,1-5H3,(H2,21,22,23). The molecule has 2 N–H and O–H groups in total. The summed E-state index contributed by atoms with van der Waals surface area (Å²) in [5.74, 6) is 0.969. The quantitative estimate of drug-likeness (QED) is 0.625. The van der Waals surface area contributed by atoms with E-state index >= 15 is 0 Å². The SMILES string of the molecule is CN=C(NCc1ccc(F)c(C)c1)NCC(C)Cn1nc(C)cc1C. The fourth-order valence-electron chi connectivity index (χ4n) is 2.71. The van der Waals surface area contributed by atoms with Crippen LogP contribution in [0.5, 0.6) is 0 Å². The Hall–Kier alpha value is -2.37. The summed E-state index contributed by atoms with van der Waals surface area (Å²) in [5.41, 5.74) is 3.90. The van der Waals surface area contributed by atoms with Gasteiger partial charge in [-0.3, -0.25) is 9.67 Å². The van der Waals surface area contributed by atoms with Crippen LogP contribution in [-0.2, 0) is 13.1 Å². The fourth-order valence-corrected chi connectivity index (χ4v) is 2.71. The number of benzene rings is 1. The summed E-state index contributed by atoms with van der Waals surface area (Å²) in [6.07, 6.45) is 0.